The summed E-state index contributed by atoms with van der Waals surface area (Å²) in [5, 5.41) is 2.49. The van der Waals surface area contributed by atoms with Gasteiger partial charge in [0.25, 0.3) is 0 Å². The molecule has 2 saturated heterocycles. The molecule has 1 atom stereocenters. The number of rotatable bonds is 5. The molecule has 3 aromatic rings. The zero-order valence-electron chi connectivity index (χ0n) is 20.2. The van der Waals surface area contributed by atoms with Crippen LogP contribution in [-0.2, 0) is 17.9 Å². The van der Waals surface area contributed by atoms with Gasteiger partial charge in [-0.15, -0.1) is 0 Å². The van der Waals surface area contributed by atoms with E-state index in [1.165, 1.54) is 21.9 Å². The Morgan fingerprint density at radius 2 is 1.51 bits per heavy atom. The van der Waals surface area contributed by atoms with Crippen molar-refractivity contribution in [3.63, 3.8) is 0 Å². The summed E-state index contributed by atoms with van der Waals surface area (Å²) in [5.74, 6) is 2.00. The summed E-state index contributed by atoms with van der Waals surface area (Å²) in [7, 11) is 0. The number of likely N-dealkylation sites (tertiary alicyclic amines) is 1. The molecule has 3 aromatic carbocycles. The second-order valence-corrected chi connectivity index (χ2v) is 9.98. The first-order valence-corrected chi connectivity index (χ1v) is 12.8. The third-order valence-electron chi connectivity index (χ3n) is 7.73. The largest absolute Gasteiger partial charge is 0.454 e. The molecule has 3 heterocycles. The van der Waals surface area contributed by atoms with Crippen LogP contribution < -0.4 is 9.47 Å². The van der Waals surface area contributed by atoms with Crippen LogP contribution in [0.1, 0.15) is 30.4 Å². The van der Waals surface area contributed by atoms with E-state index in [0.717, 1.165) is 63.6 Å². The van der Waals surface area contributed by atoms with Gasteiger partial charge in [-0.25, -0.2) is 0 Å². The van der Waals surface area contributed by atoms with Crippen molar-refractivity contribution in [2.45, 2.75) is 38.4 Å². The van der Waals surface area contributed by atoms with Crippen LogP contribution in [0.4, 0.5) is 0 Å². The third kappa shape index (κ3) is 5.00. The Kier molecular flexibility index (Phi) is 6.32. The fraction of sp³-hybridized carbons (Fsp3) is 0.414. The number of carbonyl (C=O) groups is 1. The van der Waals surface area contributed by atoms with Crippen molar-refractivity contribution in [2.24, 2.45) is 0 Å². The maximum atomic E-state index is 12.9. The van der Waals surface area contributed by atoms with E-state index in [4.69, 9.17) is 9.47 Å². The van der Waals surface area contributed by atoms with Crippen LogP contribution in [-0.4, -0.2) is 66.2 Å². The standard InChI is InChI=1S/C29H33N3O3/c33-29-10-8-26(11-12-32(29)20-22-5-7-24-3-1-2-4-25(24)17-22)31-15-13-30(14-16-31)19-23-6-9-27-28(18-23)35-21-34-27/h1-7,9,17-18,26H,8,10-16,19-21H2. The number of amides is 1. The van der Waals surface area contributed by atoms with Crippen molar-refractivity contribution in [3.05, 3.63) is 71.8 Å². The fourth-order valence-electron chi connectivity index (χ4n) is 5.70. The zero-order chi connectivity index (χ0) is 23.6. The fourth-order valence-corrected chi connectivity index (χ4v) is 5.70. The van der Waals surface area contributed by atoms with Crippen LogP contribution in [0, 0.1) is 0 Å². The summed E-state index contributed by atoms with van der Waals surface area (Å²) in [5.41, 5.74) is 2.49. The lowest BCUT2D eigenvalue weighted by Gasteiger charge is -2.39. The lowest BCUT2D eigenvalue weighted by Crippen LogP contribution is -2.50. The monoisotopic (exact) mass is 471 g/mol. The third-order valence-corrected chi connectivity index (χ3v) is 7.73. The minimum Gasteiger partial charge on any atom is -0.454 e. The molecule has 35 heavy (non-hydrogen) atoms. The Hall–Kier alpha value is -3.09. The number of hydrogen-bond acceptors (Lipinski definition) is 5. The Balaban J connectivity index is 1.02. The molecule has 0 radical (unpaired) electrons. The second kappa shape index (κ2) is 9.88. The predicted molar refractivity (Wildman–Crippen MR) is 136 cm³/mol. The molecule has 1 unspecified atom stereocenters. The number of carbonyl (C=O) groups excluding carboxylic acids is 1. The topological polar surface area (TPSA) is 45.3 Å². The van der Waals surface area contributed by atoms with E-state index in [2.05, 4.69) is 69.3 Å². The number of fused-ring (bicyclic) bond motifs is 2. The summed E-state index contributed by atoms with van der Waals surface area (Å²) in [4.78, 5) is 20.1. The highest BCUT2D eigenvalue weighted by Crippen LogP contribution is 2.33. The molecule has 0 N–H and O–H groups in total. The average molecular weight is 472 g/mol. The van der Waals surface area contributed by atoms with Gasteiger partial charge in [-0.3, -0.25) is 14.6 Å². The minimum atomic E-state index is 0.294. The van der Waals surface area contributed by atoms with Gasteiger partial charge in [0.15, 0.2) is 11.5 Å². The second-order valence-electron chi connectivity index (χ2n) is 9.98. The van der Waals surface area contributed by atoms with Crippen LogP contribution in [0.5, 0.6) is 11.5 Å². The van der Waals surface area contributed by atoms with E-state index in [-0.39, 0.29) is 0 Å². The van der Waals surface area contributed by atoms with Gasteiger partial charge in [0, 0.05) is 58.3 Å². The highest BCUT2D eigenvalue weighted by Gasteiger charge is 2.29. The number of hydrogen-bond donors (Lipinski definition) is 0. The van der Waals surface area contributed by atoms with Crippen LogP contribution in [0.15, 0.2) is 60.7 Å². The van der Waals surface area contributed by atoms with Crippen LogP contribution in [0.25, 0.3) is 10.8 Å². The van der Waals surface area contributed by atoms with Crippen molar-refractivity contribution < 1.29 is 14.3 Å². The predicted octanol–water partition coefficient (Wildman–Crippen LogP) is 4.27. The molecule has 0 saturated carbocycles. The molecule has 6 rings (SSSR count). The smallest absolute Gasteiger partial charge is 0.231 e. The van der Waals surface area contributed by atoms with Crippen molar-refractivity contribution in [1.82, 2.24) is 14.7 Å². The molecule has 6 nitrogen and oxygen atoms in total. The van der Waals surface area contributed by atoms with Gasteiger partial charge in [-0.2, -0.15) is 0 Å². The Morgan fingerprint density at radius 1 is 0.743 bits per heavy atom. The van der Waals surface area contributed by atoms with Gasteiger partial charge in [0.05, 0.1) is 0 Å². The van der Waals surface area contributed by atoms with Gasteiger partial charge in [0.2, 0.25) is 12.7 Å². The van der Waals surface area contributed by atoms with Crippen molar-refractivity contribution in [1.29, 1.82) is 0 Å². The molecule has 0 aromatic heterocycles. The normalized spacial score (nSPS) is 21.4. The number of nitrogens with zero attached hydrogens (tertiary/aromatic N) is 3. The molecular formula is C29H33N3O3. The van der Waals surface area contributed by atoms with Crippen molar-refractivity contribution in [3.8, 4) is 11.5 Å². The molecule has 0 spiro atoms. The molecule has 182 valence electrons. The van der Waals surface area contributed by atoms with E-state index in [9.17, 15) is 4.79 Å². The van der Waals surface area contributed by atoms with Gasteiger partial charge >= 0.3 is 0 Å². The Morgan fingerprint density at radius 3 is 2.40 bits per heavy atom. The van der Waals surface area contributed by atoms with E-state index in [1.807, 2.05) is 6.07 Å². The summed E-state index contributed by atoms with van der Waals surface area (Å²) < 4.78 is 11.0. The van der Waals surface area contributed by atoms with Gasteiger partial charge in [-0.1, -0.05) is 42.5 Å². The van der Waals surface area contributed by atoms with Crippen molar-refractivity contribution in [2.75, 3.05) is 39.5 Å². The molecule has 3 aliphatic heterocycles. The highest BCUT2D eigenvalue weighted by molar-refractivity contribution is 5.83. The Labute approximate surface area is 207 Å². The first kappa shape index (κ1) is 22.4. The van der Waals surface area contributed by atoms with E-state index < -0.39 is 0 Å². The van der Waals surface area contributed by atoms with Gasteiger partial charge in [-0.05, 0) is 52.9 Å². The molecule has 0 bridgehead atoms. The molecule has 2 fully saturated rings. The first-order chi connectivity index (χ1) is 17.2. The maximum absolute atomic E-state index is 12.9. The molecule has 1 amide bonds. The van der Waals surface area contributed by atoms with E-state index in [1.54, 1.807) is 0 Å². The number of ether oxygens (including phenoxy) is 2. The number of benzene rings is 3. The number of piperazine rings is 1. The molecular weight excluding hydrogens is 438 g/mol. The van der Waals surface area contributed by atoms with E-state index in [0.29, 0.717) is 31.7 Å². The maximum Gasteiger partial charge on any atom is 0.231 e. The Bertz CT molecular complexity index is 1200. The highest BCUT2D eigenvalue weighted by atomic mass is 16.7. The molecule has 3 aliphatic rings. The summed E-state index contributed by atoms with van der Waals surface area (Å²) in [6.07, 6.45) is 2.67. The minimum absolute atomic E-state index is 0.294. The molecule has 6 heteroatoms. The van der Waals surface area contributed by atoms with Gasteiger partial charge in [0.1, 0.15) is 0 Å². The van der Waals surface area contributed by atoms with Crippen LogP contribution in [0.3, 0.4) is 0 Å². The average Bonchev–Trinajstić information content (AvgIpc) is 3.28. The SMILES string of the molecule is O=C1CCC(N2CCN(Cc3ccc4c(c3)OCO4)CC2)CCN1Cc1ccc2ccccc2c1. The summed E-state index contributed by atoms with van der Waals surface area (Å²) >= 11 is 0. The summed E-state index contributed by atoms with van der Waals surface area (Å²) in [6, 6.07) is 21.7. The van der Waals surface area contributed by atoms with Crippen LogP contribution in [0.2, 0.25) is 0 Å². The quantitative estimate of drug-likeness (QED) is 0.556. The zero-order valence-corrected chi connectivity index (χ0v) is 20.2. The van der Waals surface area contributed by atoms with Gasteiger partial charge < -0.3 is 14.4 Å². The van der Waals surface area contributed by atoms with Crippen molar-refractivity contribution >= 4 is 16.7 Å². The lowest BCUT2D eigenvalue weighted by molar-refractivity contribution is -0.131. The summed E-state index contributed by atoms with van der Waals surface area (Å²) in [6.45, 7) is 7.04. The van der Waals surface area contributed by atoms with E-state index >= 15 is 0 Å². The molecule has 0 aliphatic carbocycles. The van der Waals surface area contributed by atoms with Crippen LogP contribution >= 0.6 is 0 Å². The lowest BCUT2D eigenvalue weighted by atomic mass is 10.1. The first-order valence-electron chi connectivity index (χ1n) is 12.8.